The monoisotopic (exact) mass is 541 g/mol. The molecule has 3 saturated heterocycles. The number of sulfonamides is 1. The van der Waals surface area contributed by atoms with Crippen molar-refractivity contribution < 1.29 is 17.9 Å². The van der Waals surface area contributed by atoms with Gasteiger partial charge in [0, 0.05) is 23.8 Å². The van der Waals surface area contributed by atoms with Gasteiger partial charge in [-0.3, -0.25) is 4.79 Å². The van der Waals surface area contributed by atoms with Crippen molar-refractivity contribution in [3.63, 3.8) is 0 Å². The lowest BCUT2D eigenvalue weighted by Crippen LogP contribution is -2.55. The van der Waals surface area contributed by atoms with Crippen molar-refractivity contribution >= 4 is 49.3 Å². The second-order valence-electron chi connectivity index (χ2n) is 8.20. The fraction of sp³-hybridized carbons (Fsp3) is 0.450. The van der Waals surface area contributed by atoms with Crippen molar-refractivity contribution in [1.82, 2.24) is 19.2 Å². The highest BCUT2D eigenvalue weighted by molar-refractivity contribution is 9.10. The summed E-state index contributed by atoms with van der Waals surface area (Å²) in [5.74, 6) is 0.530. The maximum Gasteiger partial charge on any atom is 0.243 e. The molecule has 3 fully saturated rings. The molecule has 3 aliphatic rings. The Morgan fingerprint density at radius 3 is 2.56 bits per heavy atom. The van der Waals surface area contributed by atoms with Crippen LogP contribution in [0.5, 0.6) is 0 Å². The summed E-state index contributed by atoms with van der Waals surface area (Å²) in [6.45, 7) is 1.81. The minimum absolute atomic E-state index is 0.122. The molecule has 9 nitrogen and oxygen atoms in total. The Morgan fingerprint density at radius 2 is 1.88 bits per heavy atom. The summed E-state index contributed by atoms with van der Waals surface area (Å²) >= 11 is 9.22. The van der Waals surface area contributed by atoms with E-state index >= 15 is 0 Å². The number of nitrogens with zero attached hydrogens (tertiary/aromatic N) is 5. The molecule has 4 heterocycles. The third-order valence-corrected chi connectivity index (χ3v) is 8.78. The van der Waals surface area contributed by atoms with Gasteiger partial charge in [0.25, 0.3) is 0 Å². The van der Waals surface area contributed by atoms with Crippen LogP contribution in [-0.4, -0.2) is 78.1 Å². The molecule has 0 saturated carbocycles. The van der Waals surface area contributed by atoms with Crippen molar-refractivity contribution in [2.45, 2.75) is 29.6 Å². The second kappa shape index (κ2) is 8.21. The van der Waals surface area contributed by atoms with Crippen LogP contribution in [0.4, 0.5) is 5.82 Å². The summed E-state index contributed by atoms with van der Waals surface area (Å²) < 4.78 is 34.5. The van der Waals surface area contributed by atoms with E-state index in [0.29, 0.717) is 32.5 Å². The summed E-state index contributed by atoms with van der Waals surface area (Å²) in [6.07, 6.45) is 2.45. The zero-order chi connectivity index (χ0) is 22.5. The lowest BCUT2D eigenvalue weighted by atomic mass is 9.91. The number of anilines is 1. The fourth-order valence-corrected chi connectivity index (χ4v) is 6.32. The van der Waals surface area contributed by atoms with Crippen molar-refractivity contribution in [1.29, 1.82) is 0 Å². The van der Waals surface area contributed by atoms with Crippen LogP contribution in [-0.2, 0) is 19.6 Å². The van der Waals surface area contributed by atoms with Gasteiger partial charge in [-0.1, -0.05) is 15.9 Å². The van der Waals surface area contributed by atoms with E-state index in [0.717, 1.165) is 10.3 Å². The van der Waals surface area contributed by atoms with Crippen molar-refractivity contribution in [2.24, 2.45) is 0 Å². The molecule has 1 aromatic heterocycles. The number of piperidine rings is 1. The Hall–Kier alpha value is -1.79. The molecule has 0 aliphatic carbocycles. The van der Waals surface area contributed by atoms with E-state index in [1.54, 1.807) is 23.2 Å². The predicted molar refractivity (Wildman–Crippen MR) is 121 cm³/mol. The molecule has 170 valence electrons. The predicted octanol–water partition coefficient (Wildman–Crippen LogP) is 2.12. The minimum atomic E-state index is -3.79. The van der Waals surface area contributed by atoms with Crippen LogP contribution in [0.25, 0.3) is 0 Å². The Kier molecular flexibility index (Phi) is 5.65. The molecule has 3 aliphatic heterocycles. The van der Waals surface area contributed by atoms with Crippen molar-refractivity contribution in [3.8, 4) is 0 Å². The zero-order valence-corrected chi connectivity index (χ0v) is 20.2. The Balaban J connectivity index is 1.29. The van der Waals surface area contributed by atoms with Gasteiger partial charge in [-0.15, -0.1) is 0 Å². The molecule has 0 radical (unpaired) electrons. The number of benzene rings is 1. The molecule has 1 atom stereocenters. The summed E-state index contributed by atoms with van der Waals surface area (Å²) in [5.41, 5.74) is -0.481. The summed E-state index contributed by atoms with van der Waals surface area (Å²) in [4.78, 5) is 25.0. The number of hydrogen-bond donors (Lipinski definition) is 0. The molecule has 2 aromatic rings. The van der Waals surface area contributed by atoms with Crippen LogP contribution in [0.1, 0.15) is 12.8 Å². The molecule has 1 spiro atoms. The van der Waals surface area contributed by atoms with Crippen LogP contribution >= 0.6 is 27.5 Å². The summed E-state index contributed by atoms with van der Waals surface area (Å²) in [6, 6.07) is 8.22. The van der Waals surface area contributed by atoms with Gasteiger partial charge in [-0.05, 0) is 54.8 Å². The first kappa shape index (κ1) is 22.0. The van der Waals surface area contributed by atoms with Gasteiger partial charge in [-0.25, -0.2) is 18.4 Å². The Morgan fingerprint density at radius 1 is 1.16 bits per heavy atom. The maximum atomic E-state index is 13.1. The lowest BCUT2D eigenvalue weighted by molar-refractivity contribution is -0.144. The third-order valence-electron chi connectivity index (χ3n) is 6.25. The standard InChI is InChI=1S/C20H21BrClN5O4S/c21-14-1-3-15(4-2-14)32(29,30)26-11-17(28)27-13-20(31-18(27)12-26)6-9-25(10-7-20)16-5-8-23-19(22)24-16/h1-5,8,18H,6-7,9-13H2. The smallest absolute Gasteiger partial charge is 0.243 e. The van der Waals surface area contributed by atoms with E-state index in [1.807, 2.05) is 6.07 Å². The molecule has 1 aromatic carbocycles. The minimum Gasteiger partial charge on any atom is -0.356 e. The van der Waals surface area contributed by atoms with Crippen LogP contribution in [0.3, 0.4) is 0 Å². The van der Waals surface area contributed by atoms with Crippen LogP contribution in [0.2, 0.25) is 5.28 Å². The molecule has 12 heteroatoms. The first-order valence-corrected chi connectivity index (χ1v) is 12.8. The number of aromatic nitrogens is 2. The van der Waals surface area contributed by atoms with E-state index in [2.05, 4.69) is 30.8 Å². The van der Waals surface area contributed by atoms with E-state index in [9.17, 15) is 13.2 Å². The van der Waals surface area contributed by atoms with E-state index in [-0.39, 0.29) is 29.2 Å². The van der Waals surface area contributed by atoms with Gasteiger partial charge in [0.05, 0.1) is 30.1 Å². The molecule has 0 bridgehead atoms. The SMILES string of the molecule is O=C1CN(S(=O)(=O)c2ccc(Br)cc2)CC2OC3(CCN(c4ccnc(Cl)n4)CC3)CN12. The highest BCUT2D eigenvalue weighted by Gasteiger charge is 2.52. The number of carbonyl (C=O) groups is 1. The number of ether oxygens (including phenoxy) is 1. The molecule has 32 heavy (non-hydrogen) atoms. The fourth-order valence-electron chi connectivity index (χ4n) is 4.53. The molecule has 0 N–H and O–H groups in total. The molecule has 5 rings (SSSR count). The van der Waals surface area contributed by atoms with Crippen LogP contribution < -0.4 is 4.90 Å². The lowest BCUT2D eigenvalue weighted by Gasteiger charge is -2.38. The largest absolute Gasteiger partial charge is 0.356 e. The maximum absolute atomic E-state index is 13.1. The summed E-state index contributed by atoms with van der Waals surface area (Å²) in [5, 5.41) is 0.203. The number of hydrogen-bond acceptors (Lipinski definition) is 7. The van der Waals surface area contributed by atoms with Gasteiger partial charge in [0.2, 0.25) is 21.2 Å². The normalized spacial score (nSPS) is 23.6. The number of amides is 1. The average molecular weight is 543 g/mol. The van der Waals surface area contributed by atoms with Crippen molar-refractivity contribution in [3.05, 3.63) is 46.3 Å². The first-order valence-electron chi connectivity index (χ1n) is 10.2. The number of fused-ring (bicyclic) bond motifs is 1. The number of halogens is 2. The van der Waals surface area contributed by atoms with Gasteiger partial charge >= 0.3 is 0 Å². The van der Waals surface area contributed by atoms with E-state index in [1.165, 1.54) is 16.4 Å². The van der Waals surface area contributed by atoms with E-state index in [4.69, 9.17) is 16.3 Å². The number of piperazine rings is 1. The van der Waals surface area contributed by atoms with Crippen LogP contribution in [0, 0.1) is 0 Å². The van der Waals surface area contributed by atoms with Gasteiger partial charge in [-0.2, -0.15) is 4.31 Å². The topological polar surface area (TPSA) is 95.9 Å². The number of rotatable bonds is 3. The van der Waals surface area contributed by atoms with Gasteiger partial charge in [0.15, 0.2) is 0 Å². The highest BCUT2D eigenvalue weighted by atomic mass is 79.9. The third kappa shape index (κ3) is 4.01. The van der Waals surface area contributed by atoms with Gasteiger partial charge in [0.1, 0.15) is 12.0 Å². The molecule has 1 unspecified atom stereocenters. The Bertz CT molecular complexity index is 1140. The second-order valence-corrected chi connectivity index (χ2v) is 11.4. The highest BCUT2D eigenvalue weighted by Crippen LogP contribution is 2.38. The molecular weight excluding hydrogens is 522 g/mol. The molecule has 1 amide bonds. The number of carbonyl (C=O) groups excluding carboxylic acids is 1. The van der Waals surface area contributed by atoms with Gasteiger partial charge < -0.3 is 14.5 Å². The van der Waals surface area contributed by atoms with E-state index < -0.39 is 21.9 Å². The quantitative estimate of drug-likeness (QED) is 0.548. The average Bonchev–Trinajstić information content (AvgIpc) is 3.13. The zero-order valence-electron chi connectivity index (χ0n) is 17.0. The van der Waals surface area contributed by atoms with Crippen LogP contribution in [0.15, 0.2) is 45.9 Å². The first-order chi connectivity index (χ1) is 15.3. The Labute approximate surface area is 199 Å². The molecular formula is C20H21BrClN5O4S. The van der Waals surface area contributed by atoms with Crippen molar-refractivity contribution in [2.75, 3.05) is 37.6 Å². The summed E-state index contributed by atoms with van der Waals surface area (Å²) in [7, 11) is -3.79.